The quantitative estimate of drug-likeness (QED) is 0.866. The SMILES string of the molecule is C[C@@H](OCCc1ccccc1)c1ccccc1O. The third-order valence-electron chi connectivity index (χ3n) is 2.98. The molecule has 0 radical (unpaired) electrons. The van der Waals surface area contributed by atoms with Crippen LogP contribution < -0.4 is 0 Å². The normalized spacial score (nSPS) is 12.3. The van der Waals surface area contributed by atoms with E-state index < -0.39 is 0 Å². The number of hydrogen-bond acceptors (Lipinski definition) is 2. The first kappa shape index (κ1) is 12.7. The first-order valence-electron chi connectivity index (χ1n) is 6.21. The zero-order valence-corrected chi connectivity index (χ0v) is 10.5. The van der Waals surface area contributed by atoms with Gasteiger partial charge in [-0.05, 0) is 25.0 Å². The number of hydrogen-bond donors (Lipinski definition) is 1. The van der Waals surface area contributed by atoms with Gasteiger partial charge in [-0.25, -0.2) is 0 Å². The van der Waals surface area contributed by atoms with Gasteiger partial charge in [-0.3, -0.25) is 0 Å². The molecule has 0 aliphatic rings. The Balaban J connectivity index is 1.86. The fourth-order valence-corrected chi connectivity index (χ4v) is 1.92. The molecular weight excluding hydrogens is 224 g/mol. The van der Waals surface area contributed by atoms with Gasteiger partial charge in [0, 0.05) is 5.56 Å². The first-order chi connectivity index (χ1) is 8.77. The van der Waals surface area contributed by atoms with Crippen molar-refractivity contribution in [3.05, 3.63) is 65.7 Å². The molecule has 0 saturated carbocycles. The Hall–Kier alpha value is -1.80. The summed E-state index contributed by atoms with van der Waals surface area (Å²) in [5.41, 5.74) is 2.10. The average molecular weight is 242 g/mol. The molecule has 1 atom stereocenters. The summed E-state index contributed by atoms with van der Waals surface area (Å²) in [6, 6.07) is 17.6. The lowest BCUT2D eigenvalue weighted by molar-refractivity contribution is 0.0664. The largest absolute Gasteiger partial charge is 0.508 e. The molecule has 0 saturated heterocycles. The fraction of sp³-hybridized carbons (Fsp3) is 0.250. The van der Waals surface area contributed by atoms with Crippen LogP contribution in [0, 0.1) is 0 Å². The molecule has 0 aliphatic heterocycles. The highest BCUT2D eigenvalue weighted by Crippen LogP contribution is 2.25. The van der Waals surface area contributed by atoms with E-state index in [4.69, 9.17) is 4.74 Å². The highest BCUT2D eigenvalue weighted by Gasteiger charge is 2.09. The molecule has 0 heterocycles. The zero-order valence-electron chi connectivity index (χ0n) is 10.5. The third kappa shape index (κ3) is 3.34. The number of para-hydroxylation sites is 1. The van der Waals surface area contributed by atoms with Crippen LogP contribution in [0.25, 0.3) is 0 Å². The number of phenolic OH excluding ortho intramolecular Hbond substituents is 1. The van der Waals surface area contributed by atoms with Crippen LogP contribution >= 0.6 is 0 Å². The van der Waals surface area contributed by atoms with Crippen molar-refractivity contribution < 1.29 is 9.84 Å². The minimum absolute atomic E-state index is 0.0880. The van der Waals surface area contributed by atoms with Gasteiger partial charge in [-0.2, -0.15) is 0 Å². The third-order valence-corrected chi connectivity index (χ3v) is 2.98. The number of aromatic hydroxyl groups is 1. The van der Waals surface area contributed by atoms with Crippen LogP contribution in [0.3, 0.4) is 0 Å². The zero-order chi connectivity index (χ0) is 12.8. The van der Waals surface area contributed by atoms with Gasteiger partial charge in [0.05, 0.1) is 12.7 Å². The Morgan fingerprint density at radius 3 is 2.39 bits per heavy atom. The number of ether oxygens (including phenoxy) is 1. The molecule has 0 bridgehead atoms. The molecule has 0 fully saturated rings. The topological polar surface area (TPSA) is 29.5 Å². The van der Waals surface area contributed by atoms with E-state index in [1.54, 1.807) is 6.07 Å². The van der Waals surface area contributed by atoms with Crippen LogP contribution in [0.5, 0.6) is 5.75 Å². The Kier molecular flexibility index (Phi) is 4.37. The van der Waals surface area contributed by atoms with E-state index in [-0.39, 0.29) is 6.10 Å². The summed E-state index contributed by atoms with van der Waals surface area (Å²) in [5, 5.41) is 9.72. The van der Waals surface area contributed by atoms with E-state index >= 15 is 0 Å². The smallest absolute Gasteiger partial charge is 0.121 e. The fourth-order valence-electron chi connectivity index (χ4n) is 1.92. The second-order valence-corrected chi connectivity index (χ2v) is 4.31. The summed E-state index contributed by atoms with van der Waals surface area (Å²) >= 11 is 0. The summed E-state index contributed by atoms with van der Waals surface area (Å²) in [6.45, 7) is 2.61. The van der Waals surface area contributed by atoms with Gasteiger partial charge < -0.3 is 9.84 Å². The van der Waals surface area contributed by atoms with Crippen LogP contribution in [0.1, 0.15) is 24.2 Å². The highest BCUT2D eigenvalue weighted by molar-refractivity contribution is 5.33. The van der Waals surface area contributed by atoms with Gasteiger partial charge in [0.2, 0.25) is 0 Å². The van der Waals surface area contributed by atoms with Crippen molar-refractivity contribution in [3.63, 3.8) is 0 Å². The average Bonchev–Trinajstić information content (AvgIpc) is 2.40. The molecule has 2 nitrogen and oxygen atoms in total. The second kappa shape index (κ2) is 6.22. The van der Waals surface area contributed by atoms with Crippen molar-refractivity contribution >= 4 is 0 Å². The van der Waals surface area contributed by atoms with E-state index in [1.165, 1.54) is 5.56 Å². The highest BCUT2D eigenvalue weighted by atomic mass is 16.5. The van der Waals surface area contributed by atoms with Crippen LogP contribution in [-0.2, 0) is 11.2 Å². The summed E-state index contributed by atoms with van der Waals surface area (Å²) in [6.07, 6.45) is 0.800. The first-order valence-corrected chi connectivity index (χ1v) is 6.21. The molecule has 2 aromatic carbocycles. The molecule has 2 heteroatoms. The lowest BCUT2D eigenvalue weighted by Gasteiger charge is -2.14. The van der Waals surface area contributed by atoms with Crippen LogP contribution in [0.15, 0.2) is 54.6 Å². The standard InChI is InChI=1S/C16H18O2/c1-13(15-9-5-6-10-16(15)17)18-12-11-14-7-3-2-4-8-14/h2-10,13,17H,11-12H2,1H3/t13-/m1/s1. The van der Waals surface area contributed by atoms with Crippen molar-refractivity contribution in [2.75, 3.05) is 6.61 Å². The van der Waals surface area contributed by atoms with Crippen LogP contribution in [0.4, 0.5) is 0 Å². The molecule has 1 N–H and O–H groups in total. The van der Waals surface area contributed by atoms with Crippen LogP contribution in [-0.4, -0.2) is 11.7 Å². The molecule has 18 heavy (non-hydrogen) atoms. The minimum Gasteiger partial charge on any atom is -0.508 e. The predicted molar refractivity (Wildman–Crippen MR) is 72.6 cm³/mol. The molecule has 0 aliphatic carbocycles. The minimum atomic E-state index is -0.0880. The molecular formula is C16H18O2. The van der Waals surface area contributed by atoms with E-state index in [9.17, 15) is 5.11 Å². The van der Waals surface area contributed by atoms with Gasteiger partial charge >= 0.3 is 0 Å². The molecule has 0 aromatic heterocycles. The summed E-state index contributed by atoms with van der Waals surface area (Å²) in [4.78, 5) is 0. The molecule has 2 rings (SSSR count). The van der Waals surface area contributed by atoms with Crippen molar-refractivity contribution in [1.29, 1.82) is 0 Å². The Morgan fingerprint density at radius 2 is 1.67 bits per heavy atom. The van der Waals surface area contributed by atoms with Crippen molar-refractivity contribution in [1.82, 2.24) is 0 Å². The van der Waals surface area contributed by atoms with Gasteiger partial charge in [0.1, 0.15) is 5.75 Å². The maximum absolute atomic E-state index is 9.72. The molecule has 0 spiro atoms. The Bertz CT molecular complexity index is 479. The van der Waals surface area contributed by atoms with E-state index in [0.717, 1.165) is 12.0 Å². The van der Waals surface area contributed by atoms with E-state index in [2.05, 4.69) is 12.1 Å². The second-order valence-electron chi connectivity index (χ2n) is 4.31. The lowest BCUT2D eigenvalue weighted by Crippen LogP contribution is -2.04. The number of benzene rings is 2. The monoisotopic (exact) mass is 242 g/mol. The maximum atomic E-state index is 9.72. The van der Waals surface area contributed by atoms with Crippen molar-refractivity contribution in [2.45, 2.75) is 19.4 Å². The summed E-state index contributed by atoms with van der Waals surface area (Å²) in [7, 11) is 0. The van der Waals surface area contributed by atoms with E-state index in [1.807, 2.05) is 43.3 Å². The molecule has 0 amide bonds. The van der Waals surface area contributed by atoms with Crippen molar-refractivity contribution in [3.8, 4) is 5.75 Å². The van der Waals surface area contributed by atoms with Crippen molar-refractivity contribution in [2.24, 2.45) is 0 Å². The number of rotatable bonds is 5. The summed E-state index contributed by atoms with van der Waals surface area (Å²) < 4.78 is 5.75. The molecule has 0 unspecified atom stereocenters. The summed E-state index contributed by atoms with van der Waals surface area (Å²) in [5.74, 6) is 0.296. The predicted octanol–water partition coefficient (Wildman–Crippen LogP) is 3.71. The van der Waals surface area contributed by atoms with Gasteiger partial charge in [-0.1, -0.05) is 48.5 Å². The Morgan fingerprint density at radius 1 is 1.00 bits per heavy atom. The maximum Gasteiger partial charge on any atom is 0.121 e. The van der Waals surface area contributed by atoms with Gasteiger partial charge in [0.15, 0.2) is 0 Å². The Labute approximate surface area is 108 Å². The molecule has 2 aromatic rings. The van der Waals surface area contributed by atoms with Gasteiger partial charge in [0.25, 0.3) is 0 Å². The van der Waals surface area contributed by atoms with Gasteiger partial charge in [-0.15, -0.1) is 0 Å². The lowest BCUT2D eigenvalue weighted by atomic mass is 10.1. The van der Waals surface area contributed by atoms with Crippen LogP contribution in [0.2, 0.25) is 0 Å². The number of phenols is 1. The molecule has 94 valence electrons. The van der Waals surface area contributed by atoms with E-state index in [0.29, 0.717) is 12.4 Å².